The lowest BCUT2D eigenvalue weighted by molar-refractivity contribution is -0.119. The van der Waals surface area contributed by atoms with E-state index in [1.165, 1.54) is 18.4 Å². The standard InChI is InChI=1S/C14H19NO/c1-2-11-7-9-13(10-8-11)15-14(16)12-5-3-4-6-12/h7-10,12H,2-6H2,1H3,(H,15,16). The van der Waals surface area contributed by atoms with Gasteiger partial charge < -0.3 is 5.32 Å². The zero-order chi connectivity index (χ0) is 11.4. The number of rotatable bonds is 3. The summed E-state index contributed by atoms with van der Waals surface area (Å²) in [5.74, 6) is 0.438. The van der Waals surface area contributed by atoms with E-state index < -0.39 is 0 Å². The second-order valence-electron chi connectivity index (χ2n) is 4.52. The molecule has 2 heteroatoms. The Morgan fingerprint density at radius 3 is 2.44 bits per heavy atom. The number of carbonyl (C=O) groups is 1. The summed E-state index contributed by atoms with van der Waals surface area (Å²) >= 11 is 0. The molecule has 1 N–H and O–H groups in total. The fourth-order valence-electron chi connectivity index (χ4n) is 2.26. The molecule has 1 aliphatic carbocycles. The van der Waals surface area contributed by atoms with Crippen LogP contribution in [0.1, 0.15) is 38.2 Å². The number of benzene rings is 1. The number of anilines is 1. The number of hydrogen-bond acceptors (Lipinski definition) is 1. The van der Waals surface area contributed by atoms with Crippen LogP contribution < -0.4 is 5.32 Å². The fourth-order valence-corrected chi connectivity index (χ4v) is 2.26. The second-order valence-corrected chi connectivity index (χ2v) is 4.52. The molecular weight excluding hydrogens is 198 g/mol. The van der Waals surface area contributed by atoms with Crippen LogP contribution >= 0.6 is 0 Å². The second kappa shape index (κ2) is 5.15. The van der Waals surface area contributed by atoms with E-state index in [1.54, 1.807) is 0 Å². The van der Waals surface area contributed by atoms with Gasteiger partial charge in [-0.05, 0) is 37.0 Å². The van der Waals surface area contributed by atoms with Gasteiger partial charge in [-0.1, -0.05) is 31.9 Å². The highest BCUT2D eigenvalue weighted by molar-refractivity contribution is 5.92. The molecule has 1 fully saturated rings. The summed E-state index contributed by atoms with van der Waals surface area (Å²) in [6.07, 6.45) is 5.55. The van der Waals surface area contributed by atoms with Crippen molar-refractivity contribution in [3.63, 3.8) is 0 Å². The normalized spacial score (nSPS) is 16.3. The molecule has 1 aromatic carbocycles. The van der Waals surface area contributed by atoms with E-state index in [-0.39, 0.29) is 11.8 Å². The Labute approximate surface area is 97.1 Å². The van der Waals surface area contributed by atoms with Crippen molar-refractivity contribution in [2.45, 2.75) is 39.0 Å². The summed E-state index contributed by atoms with van der Waals surface area (Å²) in [4.78, 5) is 11.9. The van der Waals surface area contributed by atoms with Crippen LogP contribution in [0.4, 0.5) is 5.69 Å². The van der Waals surface area contributed by atoms with Crippen molar-refractivity contribution in [2.75, 3.05) is 5.32 Å². The lowest BCUT2D eigenvalue weighted by atomic mass is 10.1. The first-order chi connectivity index (χ1) is 7.79. The average molecular weight is 217 g/mol. The van der Waals surface area contributed by atoms with Crippen LogP contribution in [0, 0.1) is 5.92 Å². The van der Waals surface area contributed by atoms with E-state index in [9.17, 15) is 4.79 Å². The number of amides is 1. The van der Waals surface area contributed by atoms with Crippen molar-refractivity contribution >= 4 is 11.6 Å². The quantitative estimate of drug-likeness (QED) is 0.826. The maximum atomic E-state index is 11.9. The van der Waals surface area contributed by atoms with Gasteiger partial charge in [-0.25, -0.2) is 0 Å². The predicted octanol–water partition coefficient (Wildman–Crippen LogP) is 3.38. The van der Waals surface area contributed by atoms with E-state index in [4.69, 9.17) is 0 Å². The summed E-state index contributed by atoms with van der Waals surface area (Å²) in [6, 6.07) is 8.13. The molecule has 0 radical (unpaired) electrons. The van der Waals surface area contributed by atoms with Crippen molar-refractivity contribution in [2.24, 2.45) is 5.92 Å². The zero-order valence-electron chi connectivity index (χ0n) is 9.83. The SMILES string of the molecule is CCc1ccc(NC(=O)C2CCCC2)cc1. The van der Waals surface area contributed by atoms with Gasteiger partial charge in [0.1, 0.15) is 0 Å². The number of nitrogens with one attached hydrogen (secondary N) is 1. The van der Waals surface area contributed by atoms with Gasteiger partial charge in [-0.15, -0.1) is 0 Å². The highest BCUT2D eigenvalue weighted by atomic mass is 16.1. The highest BCUT2D eigenvalue weighted by Gasteiger charge is 2.22. The molecule has 0 spiro atoms. The molecule has 86 valence electrons. The van der Waals surface area contributed by atoms with Gasteiger partial charge in [0.2, 0.25) is 5.91 Å². The summed E-state index contributed by atoms with van der Waals surface area (Å²) in [7, 11) is 0. The first kappa shape index (κ1) is 11.2. The zero-order valence-corrected chi connectivity index (χ0v) is 9.83. The molecule has 1 amide bonds. The van der Waals surface area contributed by atoms with Crippen molar-refractivity contribution in [3.8, 4) is 0 Å². The Hall–Kier alpha value is -1.31. The van der Waals surface area contributed by atoms with Gasteiger partial charge >= 0.3 is 0 Å². The third-order valence-electron chi connectivity index (χ3n) is 3.36. The van der Waals surface area contributed by atoms with Crippen LogP contribution in [0.5, 0.6) is 0 Å². The average Bonchev–Trinajstić information content (AvgIpc) is 2.83. The molecule has 0 unspecified atom stereocenters. The summed E-state index contributed by atoms with van der Waals surface area (Å²) in [5.41, 5.74) is 2.23. The van der Waals surface area contributed by atoms with Gasteiger partial charge in [-0.3, -0.25) is 4.79 Å². The van der Waals surface area contributed by atoms with E-state index in [0.29, 0.717) is 0 Å². The minimum Gasteiger partial charge on any atom is -0.326 e. The van der Waals surface area contributed by atoms with Crippen LogP contribution in [0.25, 0.3) is 0 Å². The van der Waals surface area contributed by atoms with E-state index in [1.807, 2.05) is 12.1 Å². The molecular formula is C14H19NO. The van der Waals surface area contributed by atoms with Crippen LogP contribution in [0.2, 0.25) is 0 Å². The number of carbonyl (C=O) groups excluding carboxylic acids is 1. The largest absolute Gasteiger partial charge is 0.326 e. The minimum atomic E-state index is 0.196. The van der Waals surface area contributed by atoms with Gasteiger partial charge in [0, 0.05) is 11.6 Å². The number of aryl methyl sites for hydroxylation is 1. The van der Waals surface area contributed by atoms with E-state index in [0.717, 1.165) is 24.9 Å². The molecule has 0 heterocycles. The van der Waals surface area contributed by atoms with Crippen LogP contribution in [0.15, 0.2) is 24.3 Å². The van der Waals surface area contributed by atoms with Crippen LogP contribution in [0.3, 0.4) is 0 Å². The van der Waals surface area contributed by atoms with Gasteiger partial charge in [0.25, 0.3) is 0 Å². The predicted molar refractivity (Wildman–Crippen MR) is 66.4 cm³/mol. The first-order valence-electron chi connectivity index (χ1n) is 6.19. The molecule has 1 aromatic rings. The molecule has 2 rings (SSSR count). The lowest BCUT2D eigenvalue weighted by Crippen LogP contribution is -2.20. The molecule has 16 heavy (non-hydrogen) atoms. The van der Waals surface area contributed by atoms with Gasteiger partial charge in [0.05, 0.1) is 0 Å². The fraction of sp³-hybridized carbons (Fsp3) is 0.500. The lowest BCUT2D eigenvalue weighted by Gasteiger charge is -2.10. The van der Waals surface area contributed by atoms with E-state index in [2.05, 4.69) is 24.4 Å². The topological polar surface area (TPSA) is 29.1 Å². The third-order valence-corrected chi connectivity index (χ3v) is 3.36. The smallest absolute Gasteiger partial charge is 0.227 e. The van der Waals surface area contributed by atoms with Crippen LogP contribution in [-0.4, -0.2) is 5.91 Å². The Morgan fingerprint density at radius 1 is 1.25 bits per heavy atom. The molecule has 0 aromatic heterocycles. The summed E-state index contributed by atoms with van der Waals surface area (Å²) in [5, 5.41) is 3.00. The maximum Gasteiger partial charge on any atom is 0.227 e. The van der Waals surface area contributed by atoms with Gasteiger partial charge in [0.15, 0.2) is 0 Å². The molecule has 1 saturated carbocycles. The first-order valence-corrected chi connectivity index (χ1v) is 6.19. The van der Waals surface area contributed by atoms with Crippen molar-refractivity contribution < 1.29 is 4.79 Å². The van der Waals surface area contributed by atoms with Crippen molar-refractivity contribution in [1.82, 2.24) is 0 Å². The van der Waals surface area contributed by atoms with Gasteiger partial charge in [-0.2, -0.15) is 0 Å². The molecule has 1 aliphatic rings. The molecule has 0 bridgehead atoms. The highest BCUT2D eigenvalue weighted by Crippen LogP contribution is 2.26. The molecule has 0 aliphatic heterocycles. The minimum absolute atomic E-state index is 0.196. The van der Waals surface area contributed by atoms with Crippen LogP contribution in [-0.2, 0) is 11.2 Å². The Balaban J connectivity index is 1.94. The maximum absolute atomic E-state index is 11.9. The summed E-state index contributed by atoms with van der Waals surface area (Å²) < 4.78 is 0. The Bertz CT molecular complexity index is 350. The van der Waals surface area contributed by atoms with Crippen molar-refractivity contribution in [3.05, 3.63) is 29.8 Å². The Kier molecular flexibility index (Phi) is 3.60. The van der Waals surface area contributed by atoms with Crippen molar-refractivity contribution in [1.29, 1.82) is 0 Å². The Morgan fingerprint density at radius 2 is 1.88 bits per heavy atom. The van der Waals surface area contributed by atoms with E-state index >= 15 is 0 Å². The monoisotopic (exact) mass is 217 g/mol. The number of hydrogen-bond donors (Lipinski definition) is 1. The summed E-state index contributed by atoms with van der Waals surface area (Å²) in [6.45, 7) is 2.13. The molecule has 0 saturated heterocycles. The third kappa shape index (κ3) is 2.63. The molecule has 0 atom stereocenters. The molecule has 2 nitrogen and oxygen atoms in total.